The molecule has 2 amide bonds. The number of benzene rings is 2. The average molecular weight is 375 g/mol. The number of aliphatic hydroxyl groups is 1. The minimum atomic E-state index is -1.11. The van der Waals surface area contributed by atoms with Gasteiger partial charge in [0.15, 0.2) is 0 Å². The van der Waals surface area contributed by atoms with E-state index in [2.05, 4.69) is 10.6 Å². The van der Waals surface area contributed by atoms with Gasteiger partial charge in [-0.1, -0.05) is 48.0 Å². The van der Waals surface area contributed by atoms with Crippen LogP contribution in [0.25, 0.3) is 0 Å². The first-order chi connectivity index (χ1) is 12.3. The number of anilines is 1. The lowest BCUT2D eigenvalue weighted by atomic mass is 9.97. The molecule has 3 N–H and O–H groups in total. The molecule has 0 aliphatic heterocycles. The molecule has 0 bridgehead atoms. The van der Waals surface area contributed by atoms with Crippen LogP contribution in [0.4, 0.5) is 5.69 Å². The van der Waals surface area contributed by atoms with Crippen molar-refractivity contribution in [2.45, 2.75) is 32.3 Å². The average Bonchev–Trinajstić information content (AvgIpc) is 2.62. The number of amides is 2. The van der Waals surface area contributed by atoms with Gasteiger partial charge >= 0.3 is 11.8 Å². The van der Waals surface area contributed by atoms with Crippen molar-refractivity contribution in [1.29, 1.82) is 0 Å². The molecule has 0 fully saturated rings. The standard InChI is InChI=1S/C20H23ClN2O3/c1-14-8-9-16(12-17(14)21)23-19(25)18(24)22-13-20(2,26)11-10-15-6-4-3-5-7-15/h3-9,12,26H,10-11,13H2,1-2H3,(H,22,24)(H,23,25)/t20-/m1/s1. The Morgan fingerprint density at radius 3 is 2.46 bits per heavy atom. The maximum absolute atomic E-state index is 12.0. The summed E-state index contributed by atoms with van der Waals surface area (Å²) in [6.45, 7) is 3.47. The minimum absolute atomic E-state index is 0.0132. The normalized spacial score (nSPS) is 12.9. The summed E-state index contributed by atoms with van der Waals surface area (Å²) in [6, 6.07) is 14.8. The summed E-state index contributed by atoms with van der Waals surface area (Å²) in [6.07, 6.45) is 1.14. The fraction of sp³-hybridized carbons (Fsp3) is 0.300. The van der Waals surface area contributed by atoms with Gasteiger partial charge < -0.3 is 15.7 Å². The van der Waals surface area contributed by atoms with Crippen LogP contribution < -0.4 is 10.6 Å². The fourth-order valence-corrected chi connectivity index (χ4v) is 2.54. The van der Waals surface area contributed by atoms with Crippen LogP contribution in [0.1, 0.15) is 24.5 Å². The van der Waals surface area contributed by atoms with Crippen LogP contribution in [-0.4, -0.2) is 29.1 Å². The quantitative estimate of drug-likeness (QED) is 0.680. The van der Waals surface area contributed by atoms with E-state index in [1.807, 2.05) is 37.3 Å². The molecule has 26 heavy (non-hydrogen) atoms. The third-order valence-electron chi connectivity index (χ3n) is 4.06. The fourth-order valence-electron chi connectivity index (χ4n) is 2.36. The molecule has 5 nitrogen and oxygen atoms in total. The Balaban J connectivity index is 1.82. The van der Waals surface area contributed by atoms with E-state index < -0.39 is 17.4 Å². The van der Waals surface area contributed by atoms with Gasteiger partial charge in [-0.05, 0) is 49.9 Å². The van der Waals surface area contributed by atoms with E-state index in [-0.39, 0.29) is 6.54 Å². The number of rotatable bonds is 6. The maximum atomic E-state index is 12.0. The Labute approximate surface area is 158 Å². The van der Waals surface area contributed by atoms with E-state index in [1.54, 1.807) is 25.1 Å². The van der Waals surface area contributed by atoms with E-state index in [1.165, 1.54) is 0 Å². The lowest BCUT2D eigenvalue weighted by molar-refractivity contribution is -0.136. The third-order valence-corrected chi connectivity index (χ3v) is 4.47. The van der Waals surface area contributed by atoms with Gasteiger partial charge in [0.2, 0.25) is 0 Å². The highest BCUT2D eigenvalue weighted by molar-refractivity contribution is 6.39. The smallest absolute Gasteiger partial charge is 0.313 e. The monoisotopic (exact) mass is 374 g/mol. The highest BCUT2D eigenvalue weighted by Gasteiger charge is 2.23. The van der Waals surface area contributed by atoms with Crippen molar-refractivity contribution in [2.75, 3.05) is 11.9 Å². The van der Waals surface area contributed by atoms with Gasteiger partial charge in [0.05, 0.1) is 5.60 Å². The van der Waals surface area contributed by atoms with E-state index in [4.69, 9.17) is 11.6 Å². The number of carbonyl (C=O) groups is 2. The number of carbonyl (C=O) groups excluding carboxylic acids is 2. The molecule has 0 unspecified atom stereocenters. The van der Waals surface area contributed by atoms with Crippen molar-refractivity contribution >= 4 is 29.1 Å². The third kappa shape index (κ3) is 6.17. The van der Waals surface area contributed by atoms with Crippen molar-refractivity contribution in [2.24, 2.45) is 0 Å². The second kappa shape index (κ2) is 8.83. The van der Waals surface area contributed by atoms with Crippen LogP contribution in [0.15, 0.2) is 48.5 Å². The number of nitrogens with one attached hydrogen (secondary N) is 2. The first-order valence-electron chi connectivity index (χ1n) is 8.38. The van der Waals surface area contributed by atoms with E-state index in [0.29, 0.717) is 23.6 Å². The second-order valence-electron chi connectivity index (χ2n) is 6.58. The zero-order valence-electron chi connectivity index (χ0n) is 14.9. The Morgan fingerprint density at radius 1 is 1.12 bits per heavy atom. The van der Waals surface area contributed by atoms with Crippen molar-refractivity contribution in [1.82, 2.24) is 5.32 Å². The maximum Gasteiger partial charge on any atom is 0.313 e. The van der Waals surface area contributed by atoms with E-state index >= 15 is 0 Å². The highest BCUT2D eigenvalue weighted by Crippen LogP contribution is 2.20. The van der Waals surface area contributed by atoms with Crippen LogP contribution in [0.3, 0.4) is 0 Å². The number of hydrogen-bond acceptors (Lipinski definition) is 3. The molecule has 0 aromatic heterocycles. The summed E-state index contributed by atoms with van der Waals surface area (Å²) in [7, 11) is 0. The zero-order valence-corrected chi connectivity index (χ0v) is 15.6. The topological polar surface area (TPSA) is 78.4 Å². The lowest BCUT2D eigenvalue weighted by Crippen LogP contribution is -2.44. The van der Waals surface area contributed by atoms with Crippen LogP contribution in [-0.2, 0) is 16.0 Å². The summed E-state index contributed by atoms with van der Waals surface area (Å²) in [5.41, 5.74) is 1.31. The Kier molecular flexibility index (Phi) is 6.77. The molecule has 0 spiro atoms. The van der Waals surface area contributed by atoms with Crippen LogP contribution in [0, 0.1) is 6.92 Å². The lowest BCUT2D eigenvalue weighted by Gasteiger charge is -2.23. The molecule has 0 aliphatic rings. The van der Waals surface area contributed by atoms with Crippen molar-refractivity contribution < 1.29 is 14.7 Å². The van der Waals surface area contributed by atoms with Crippen molar-refractivity contribution in [3.8, 4) is 0 Å². The van der Waals surface area contributed by atoms with Gasteiger partial charge in [0.25, 0.3) is 0 Å². The summed E-state index contributed by atoms with van der Waals surface area (Å²) in [5.74, 6) is -1.61. The molecule has 0 saturated heterocycles. The van der Waals surface area contributed by atoms with Crippen molar-refractivity contribution in [3.63, 3.8) is 0 Å². The molecular weight excluding hydrogens is 352 g/mol. The predicted octanol–water partition coefficient (Wildman–Crippen LogP) is 3.09. The predicted molar refractivity (Wildman–Crippen MR) is 103 cm³/mol. The van der Waals surface area contributed by atoms with Gasteiger partial charge in [-0.15, -0.1) is 0 Å². The zero-order chi connectivity index (χ0) is 19.2. The number of hydrogen-bond donors (Lipinski definition) is 3. The largest absolute Gasteiger partial charge is 0.388 e. The van der Waals surface area contributed by atoms with E-state index in [0.717, 1.165) is 11.1 Å². The molecule has 138 valence electrons. The molecular formula is C20H23ClN2O3. The molecule has 2 aromatic rings. The Hall–Kier alpha value is -2.37. The summed E-state index contributed by atoms with van der Waals surface area (Å²) < 4.78 is 0. The molecule has 6 heteroatoms. The first-order valence-corrected chi connectivity index (χ1v) is 8.76. The van der Waals surface area contributed by atoms with Gasteiger partial charge in [-0.25, -0.2) is 0 Å². The molecule has 2 aromatic carbocycles. The van der Waals surface area contributed by atoms with Crippen molar-refractivity contribution in [3.05, 3.63) is 64.7 Å². The Bertz CT molecular complexity index is 776. The van der Waals surface area contributed by atoms with E-state index in [9.17, 15) is 14.7 Å². The summed E-state index contributed by atoms with van der Waals surface area (Å²) in [4.78, 5) is 23.9. The first kappa shape index (κ1) is 19.9. The van der Waals surface area contributed by atoms with Gasteiger partial charge in [-0.3, -0.25) is 9.59 Å². The molecule has 1 atom stereocenters. The van der Waals surface area contributed by atoms with Gasteiger partial charge in [0, 0.05) is 17.3 Å². The van der Waals surface area contributed by atoms with Gasteiger partial charge in [0.1, 0.15) is 0 Å². The Morgan fingerprint density at radius 2 is 1.81 bits per heavy atom. The van der Waals surface area contributed by atoms with Gasteiger partial charge in [-0.2, -0.15) is 0 Å². The number of halogens is 1. The SMILES string of the molecule is Cc1ccc(NC(=O)C(=O)NC[C@](C)(O)CCc2ccccc2)cc1Cl. The highest BCUT2D eigenvalue weighted by atomic mass is 35.5. The van der Waals surface area contributed by atoms with Crippen LogP contribution >= 0.6 is 11.6 Å². The summed E-state index contributed by atoms with van der Waals surface area (Å²) in [5, 5.41) is 15.9. The second-order valence-corrected chi connectivity index (χ2v) is 6.99. The minimum Gasteiger partial charge on any atom is -0.388 e. The molecule has 0 heterocycles. The van der Waals surface area contributed by atoms with Crippen LogP contribution in [0.5, 0.6) is 0 Å². The molecule has 0 aliphatic carbocycles. The number of aryl methyl sites for hydroxylation is 2. The summed E-state index contributed by atoms with van der Waals surface area (Å²) >= 11 is 6.00. The molecule has 2 rings (SSSR count). The van der Waals surface area contributed by atoms with Crippen LogP contribution in [0.2, 0.25) is 5.02 Å². The molecule has 0 radical (unpaired) electrons. The molecule has 0 saturated carbocycles.